The summed E-state index contributed by atoms with van der Waals surface area (Å²) in [5.74, 6) is 0.604. The number of hydrogen-bond acceptors (Lipinski definition) is 2. The molecule has 0 bridgehead atoms. The minimum atomic E-state index is 0.231. The van der Waals surface area contributed by atoms with Gasteiger partial charge in [0.25, 0.3) is 0 Å². The number of nitrogens with one attached hydrogen (secondary N) is 1. The third kappa shape index (κ3) is 2.97. The van der Waals surface area contributed by atoms with Crippen LogP contribution >= 0.6 is 0 Å². The normalized spacial score (nSPS) is 13.1. The van der Waals surface area contributed by atoms with Gasteiger partial charge in [0.15, 0.2) is 0 Å². The van der Waals surface area contributed by atoms with Crippen LogP contribution in [-0.4, -0.2) is 19.4 Å². The maximum absolute atomic E-state index is 11.1. The summed E-state index contributed by atoms with van der Waals surface area (Å²) in [4.78, 5) is 11.1. The molecule has 0 radical (unpaired) electrons. The lowest BCUT2D eigenvalue weighted by molar-refractivity contribution is -0.122. The van der Waals surface area contributed by atoms with Crippen molar-refractivity contribution in [1.82, 2.24) is 5.32 Å². The molecule has 0 rings (SSSR count). The molecule has 2 heteroatoms. The fourth-order valence-corrected chi connectivity index (χ4v) is 1.02. The van der Waals surface area contributed by atoms with Crippen LogP contribution in [0.1, 0.15) is 26.7 Å². The van der Waals surface area contributed by atoms with Gasteiger partial charge in [-0.3, -0.25) is 4.79 Å². The highest BCUT2D eigenvalue weighted by atomic mass is 16.1. The SMILES string of the molecule is CCC(=O)C(CC)CNC. The van der Waals surface area contributed by atoms with E-state index in [0.29, 0.717) is 12.2 Å². The van der Waals surface area contributed by atoms with E-state index in [-0.39, 0.29) is 5.92 Å². The predicted molar refractivity (Wildman–Crippen MR) is 43.0 cm³/mol. The molecule has 0 aromatic rings. The lowest BCUT2D eigenvalue weighted by Gasteiger charge is -2.10. The fourth-order valence-electron chi connectivity index (χ4n) is 1.02. The Morgan fingerprint density at radius 1 is 1.50 bits per heavy atom. The molecule has 0 aromatic heterocycles. The third-order valence-electron chi connectivity index (χ3n) is 1.75. The van der Waals surface area contributed by atoms with Gasteiger partial charge in [0.05, 0.1) is 0 Å². The lowest BCUT2D eigenvalue weighted by atomic mass is 9.99. The zero-order valence-electron chi connectivity index (χ0n) is 7.11. The van der Waals surface area contributed by atoms with Crippen molar-refractivity contribution in [3.05, 3.63) is 0 Å². The van der Waals surface area contributed by atoms with E-state index in [1.807, 2.05) is 14.0 Å². The Bertz CT molecular complexity index is 101. The quantitative estimate of drug-likeness (QED) is 0.626. The van der Waals surface area contributed by atoms with Crippen molar-refractivity contribution in [2.45, 2.75) is 26.7 Å². The minimum Gasteiger partial charge on any atom is -0.319 e. The van der Waals surface area contributed by atoms with Crippen molar-refractivity contribution in [1.29, 1.82) is 0 Å². The van der Waals surface area contributed by atoms with Gasteiger partial charge in [0, 0.05) is 18.9 Å². The van der Waals surface area contributed by atoms with E-state index in [0.717, 1.165) is 13.0 Å². The highest BCUT2D eigenvalue weighted by Crippen LogP contribution is 2.04. The van der Waals surface area contributed by atoms with Gasteiger partial charge < -0.3 is 5.32 Å². The molecule has 0 saturated heterocycles. The van der Waals surface area contributed by atoms with Crippen molar-refractivity contribution >= 4 is 5.78 Å². The molecule has 2 nitrogen and oxygen atoms in total. The van der Waals surface area contributed by atoms with E-state index in [4.69, 9.17) is 0 Å². The zero-order chi connectivity index (χ0) is 7.98. The van der Waals surface area contributed by atoms with Gasteiger partial charge in [0.1, 0.15) is 5.78 Å². The molecule has 1 N–H and O–H groups in total. The highest BCUT2D eigenvalue weighted by Gasteiger charge is 2.11. The molecule has 10 heavy (non-hydrogen) atoms. The summed E-state index contributed by atoms with van der Waals surface area (Å²) in [5.41, 5.74) is 0. The molecule has 0 fully saturated rings. The van der Waals surface area contributed by atoms with Crippen LogP contribution in [0.25, 0.3) is 0 Å². The molecular formula is C8H17NO. The Hall–Kier alpha value is -0.370. The smallest absolute Gasteiger partial charge is 0.136 e. The molecular weight excluding hydrogens is 126 g/mol. The van der Waals surface area contributed by atoms with Gasteiger partial charge in [-0.05, 0) is 13.5 Å². The summed E-state index contributed by atoms with van der Waals surface area (Å²) in [5, 5.41) is 3.01. The molecule has 0 aliphatic heterocycles. The van der Waals surface area contributed by atoms with Gasteiger partial charge >= 0.3 is 0 Å². The van der Waals surface area contributed by atoms with Crippen LogP contribution in [0.2, 0.25) is 0 Å². The summed E-state index contributed by atoms with van der Waals surface area (Å²) in [7, 11) is 1.88. The van der Waals surface area contributed by atoms with Crippen LogP contribution in [0, 0.1) is 5.92 Å². The molecule has 0 aliphatic carbocycles. The number of Topliss-reactive ketones (excluding diaryl/α,β-unsaturated/α-hetero) is 1. The topological polar surface area (TPSA) is 29.1 Å². The Labute approximate surface area is 63.0 Å². The maximum Gasteiger partial charge on any atom is 0.136 e. The van der Waals surface area contributed by atoms with E-state index in [1.165, 1.54) is 0 Å². The van der Waals surface area contributed by atoms with Crippen molar-refractivity contribution in [2.75, 3.05) is 13.6 Å². The Morgan fingerprint density at radius 2 is 2.10 bits per heavy atom. The molecule has 0 aromatic carbocycles. The molecule has 60 valence electrons. The molecule has 0 saturated carbocycles. The van der Waals surface area contributed by atoms with Gasteiger partial charge in [-0.25, -0.2) is 0 Å². The zero-order valence-corrected chi connectivity index (χ0v) is 7.11. The average molecular weight is 143 g/mol. The molecule has 1 unspecified atom stereocenters. The van der Waals surface area contributed by atoms with Gasteiger partial charge in [-0.2, -0.15) is 0 Å². The standard InChI is InChI=1S/C8H17NO/c1-4-7(6-9-3)8(10)5-2/h7,9H,4-6H2,1-3H3. The number of ketones is 1. The van der Waals surface area contributed by atoms with Crippen LogP contribution in [0.3, 0.4) is 0 Å². The van der Waals surface area contributed by atoms with E-state index < -0.39 is 0 Å². The molecule has 0 heterocycles. The first-order valence-electron chi connectivity index (χ1n) is 3.93. The van der Waals surface area contributed by atoms with Crippen LogP contribution < -0.4 is 5.32 Å². The first-order valence-corrected chi connectivity index (χ1v) is 3.93. The summed E-state index contributed by atoms with van der Waals surface area (Å²) in [6.07, 6.45) is 1.62. The van der Waals surface area contributed by atoms with Gasteiger partial charge in [-0.1, -0.05) is 13.8 Å². The fraction of sp³-hybridized carbons (Fsp3) is 0.875. The summed E-state index contributed by atoms with van der Waals surface area (Å²) < 4.78 is 0. The third-order valence-corrected chi connectivity index (χ3v) is 1.75. The van der Waals surface area contributed by atoms with E-state index in [9.17, 15) is 4.79 Å². The van der Waals surface area contributed by atoms with Gasteiger partial charge in [-0.15, -0.1) is 0 Å². The Morgan fingerprint density at radius 3 is 2.40 bits per heavy atom. The van der Waals surface area contributed by atoms with Crippen LogP contribution in [-0.2, 0) is 4.79 Å². The predicted octanol–water partition coefficient (Wildman–Crippen LogP) is 1.21. The molecule has 0 aliphatic rings. The minimum absolute atomic E-state index is 0.231. The monoisotopic (exact) mass is 143 g/mol. The molecule has 0 spiro atoms. The van der Waals surface area contributed by atoms with E-state index in [1.54, 1.807) is 0 Å². The van der Waals surface area contributed by atoms with Crippen LogP contribution in [0.15, 0.2) is 0 Å². The van der Waals surface area contributed by atoms with E-state index >= 15 is 0 Å². The second kappa shape index (κ2) is 5.42. The lowest BCUT2D eigenvalue weighted by Crippen LogP contribution is -2.24. The van der Waals surface area contributed by atoms with E-state index in [2.05, 4.69) is 12.2 Å². The number of carbonyl (C=O) groups is 1. The number of carbonyl (C=O) groups excluding carboxylic acids is 1. The second-order valence-corrected chi connectivity index (χ2v) is 2.48. The number of rotatable bonds is 5. The van der Waals surface area contributed by atoms with Gasteiger partial charge in [0.2, 0.25) is 0 Å². The van der Waals surface area contributed by atoms with Crippen LogP contribution in [0.5, 0.6) is 0 Å². The summed E-state index contributed by atoms with van der Waals surface area (Å²) in [6, 6.07) is 0. The van der Waals surface area contributed by atoms with Crippen molar-refractivity contribution in [3.8, 4) is 0 Å². The Kier molecular flexibility index (Phi) is 5.22. The Balaban J connectivity index is 3.68. The summed E-state index contributed by atoms with van der Waals surface area (Å²) in [6.45, 7) is 4.79. The first-order chi connectivity index (χ1) is 4.76. The maximum atomic E-state index is 11.1. The summed E-state index contributed by atoms with van der Waals surface area (Å²) >= 11 is 0. The van der Waals surface area contributed by atoms with Crippen LogP contribution in [0.4, 0.5) is 0 Å². The van der Waals surface area contributed by atoms with Crippen molar-refractivity contribution in [3.63, 3.8) is 0 Å². The number of hydrogen-bond donors (Lipinski definition) is 1. The second-order valence-electron chi connectivity index (χ2n) is 2.48. The van der Waals surface area contributed by atoms with Crippen molar-refractivity contribution in [2.24, 2.45) is 5.92 Å². The molecule has 1 atom stereocenters. The van der Waals surface area contributed by atoms with Crippen molar-refractivity contribution < 1.29 is 4.79 Å². The molecule has 0 amide bonds. The first kappa shape index (κ1) is 9.63. The largest absolute Gasteiger partial charge is 0.319 e. The highest BCUT2D eigenvalue weighted by molar-refractivity contribution is 5.80. The average Bonchev–Trinajstić information content (AvgIpc) is 1.99.